The molecule has 0 unspecified atom stereocenters. The van der Waals surface area contributed by atoms with Gasteiger partial charge >= 0.3 is 0 Å². The van der Waals surface area contributed by atoms with E-state index < -0.39 is 0 Å². The molecule has 0 amide bonds. The van der Waals surface area contributed by atoms with Gasteiger partial charge in [0.05, 0.1) is 0 Å². The van der Waals surface area contributed by atoms with Crippen molar-refractivity contribution in [2.75, 3.05) is 0 Å². The van der Waals surface area contributed by atoms with Crippen molar-refractivity contribution < 1.29 is 0 Å². The van der Waals surface area contributed by atoms with E-state index in [1.807, 2.05) is 6.08 Å². The zero-order valence-corrected chi connectivity index (χ0v) is 6.93. The molecule has 10 heavy (non-hydrogen) atoms. The summed E-state index contributed by atoms with van der Waals surface area (Å²) in [6.07, 6.45) is 10.4. The Balaban J connectivity index is 3.67. The molecule has 0 nitrogen and oxygen atoms in total. The molecule has 0 bridgehead atoms. The standard InChI is InChI=1S/C10H16/c1-4-6-7-9-10(3)8-5-2/h5-7,9H,2,4,8H2,1,3H3/b7-6-,10-9+. The quantitative estimate of drug-likeness (QED) is 0.410. The van der Waals surface area contributed by atoms with Crippen molar-refractivity contribution in [1.29, 1.82) is 0 Å². The highest BCUT2D eigenvalue weighted by Crippen LogP contribution is 1.99. The molecule has 0 N–H and O–H groups in total. The monoisotopic (exact) mass is 136 g/mol. The van der Waals surface area contributed by atoms with Gasteiger partial charge in [-0.1, -0.05) is 36.8 Å². The Kier molecular flexibility index (Phi) is 5.85. The third kappa shape index (κ3) is 5.36. The zero-order chi connectivity index (χ0) is 7.82. The summed E-state index contributed by atoms with van der Waals surface area (Å²) >= 11 is 0. The van der Waals surface area contributed by atoms with Crippen LogP contribution in [0.5, 0.6) is 0 Å². The van der Waals surface area contributed by atoms with Gasteiger partial charge in [-0.25, -0.2) is 0 Å². The first kappa shape index (κ1) is 9.22. The van der Waals surface area contributed by atoms with Crippen LogP contribution in [0.3, 0.4) is 0 Å². The highest BCUT2D eigenvalue weighted by atomic mass is 13.9. The predicted octanol–water partition coefficient (Wildman–Crippen LogP) is 3.48. The maximum atomic E-state index is 3.66. The van der Waals surface area contributed by atoms with E-state index in [-0.39, 0.29) is 0 Å². The van der Waals surface area contributed by atoms with Crippen molar-refractivity contribution in [2.24, 2.45) is 0 Å². The van der Waals surface area contributed by atoms with Crippen molar-refractivity contribution in [3.8, 4) is 0 Å². The fourth-order valence-corrected chi connectivity index (χ4v) is 0.664. The normalized spacial score (nSPS) is 12.4. The average Bonchev–Trinajstić information content (AvgIpc) is 1.89. The van der Waals surface area contributed by atoms with E-state index in [1.54, 1.807) is 0 Å². The Bertz CT molecular complexity index is 138. The smallest absolute Gasteiger partial charge is 0.0141 e. The molecule has 0 spiro atoms. The highest BCUT2D eigenvalue weighted by Gasteiger charge is 1.78. The minimum atomic E-state index is 0.994. The topological polar surface area (TPSA) is 0 Å². The average molecular weight is 136 g/mol. The van der Waals surface area contributed by atoms with Gasteiger partial charge in [0.2, 0.25) is 0 Å². The van der Waals surface area contributed by atoms with Crippen molar-refractivity contribution in [3.63, 3.8) is 0 Å². The fraction of sp³-hybridized carbons (Fsp3) is 0.400. The molecule has 0 radical (unpaired) electrons. The highest BCUT2D eigenvalue weighted by molar-refractivity contribution is 5.12. The van der Waals surface area contributed by atoms with Crippen molar-refractivity contribution in [1.82, 2.24) is 0 Å². The lowest BCUT2D eigenvalue weighted by Crippen LogP contribution is -1.68. The Morgan fingerprint density at radius 3 is 2.70 bits per heavy atom. The van der Waals surface area contributed by atoms with E-state index in [0.29, 0.717) is 0 Å². The van der Waals surface area contributed by atoms with Crippen LogP contribution in [-0.2, 0) is 0 Å². The van der Waals surface area contributed by atoms with Crippen LogP contribution in [0.25, 0.3) is 0 Å². The van der Waals surface area contributed by atoms with Crippen molar-refractivity contribution >= 4 is 0 Å². The van der Waals surface area contributed by atoms with Gasteiger partial charge in [-0.05, 0) is 19.8 Å². The van der Waals surface area contributed by atoms with Gasteiger partial charge in [0.1, 0.15) is 0 Å². The summed E-state index contributed by atoms with van der Waals surface area (Å²) in [6.45, 7) is 7.91. The lowest BCUT2D eigenvalue weighted by molar-refractivity contribution is 1.20. The molecule has 0 heteroatoms. The molecule has 0 aliphatic heterocycles. The number of allylic oxidation sites excluding steroid dienone is 5. The largest absolute Gasteiger partial charge is 0.103 e. The third-order valence-corrected chi connectivity index (χ3v) is 1.22. The SMILES string of the molecule is C=CC/C(C)=C/C=C\CC. The van der Waals surface area contributed by atoms with Crippen molar-refractivity contribution in [3.05, 3.63) is 36.5 Å². The van der Waals surface area contributed by atoms with E-state index in [9.17, 15) is 0 Å². The second-order valence-corrected chi connectivity index (χ2v) is 2.34. The lowest BCUT2D eigenvalue weighted by Gasteiger charge is -1.89. The molecule has 0 saturated heterocycles. The van der Waals surface area contributed by atoms with E-state index in [0.717, 1.165) is 12.8 Å². The molecule has 0 aliphatic carbocycles. The van der Waals surface area contributed by atoms with Gasteiger partial charge in [0, 0.05) is 0 Å². The first-order valence-electron chi connectivity index (χ1n) is 3.74. The second-order valence-electron chi connectivity index (χ2n) is 2.34. The van der Waals surface area contributed by atoms with Crippen molar-refractivity contribution in [2.45, 2.75) is 26.7 Å². The van der Waals surface area contributed by atoms with Gasteiger partial charge in [-0.15, -0.1) is 6.58 Å². The summed E-state index contributed by atoms with van der Waals surface area (Å²) in [4.78, 5) is 0. The van der Waals surface area contributed by atoms with Crippen LogP contribution < -0.4 is 0 Å². The first-order chi connectivity index (χ1) is 4.81. The van der Waals surface area contributed by atoms with Gasteiger partial charge in [-0.2, -0.15) is 0 Å². The molecule has 0 heterocycles. The van der Waals surface area contributed by atoms with E-state index in [4.69, 9.17) is 0 Å². The molecule has 56 valence electrons. The van der Waals surface area contributed by atoms with Crippen LogP contribution >= 0.6 is 0 Å². The molecule has 0 aromatic rings. The summed E-state index contributed by atoms with van der Waals surface area (Å²) < 4.78 is 0. The van der Waals surface area contributed by atoms with Crippen LogP contribution in [0.1, 0.15) is 26.7 Å². The predicted molar refractivity (Wildman–Crippen MR) is 48.0 cm³/mol. The summed E-state index contributed by atoms with van der Waals surface area (Å²) in [5.41, 5.74) is 1.36. The first-order valence-corrected chi connectivity index (χ1v) is 3.74. The molecule has 0 rings (SSSR count). The maximum absolute atomic E-state index is 3.66. The maximum Gasteiger partial charge on any atom is -0.0141 e. The molecule has 0 saturated carbocycles. The molecule has 0 aliphatic rings. The summed E-state index contributed by atoms with van der Waals surface area (Å²) in [5.74, 6) is 0. The van der Waals surface area contributed by atoms with Gasteiger partial charge < -0.3 is 0 Å². The Labute approximate surface area is 64.0 Å². The number of hydrogen-bond acceptors (Lipinski definition) is 0. The Morgan fingerprint density at radius 2 is 2.20 bits per heavy atom. The van der Waals surface area contributed by atoms with Crippen LogP contribution in [0.4, 0.5) is 0 Å². The van der Waals surface area contributed by atoms with Gasteiger partial charge in [0.25, 0.3) is 0 Å². The second kappa shape index (κ2) is 6.34. The van der Waals surface area contributed by atoms with Crippen LogP contribution in [0, 0.1) is 0 Å². The molecular weight excluding hydrogens is 120 g/mol. The van der Waals surface area contributed by atoms with E-state index in [2.05, 4.69) is 38.7 Å². The fourth-order valence-electron chi connectivity index (χ4n) is 0.664. The number of hydrogen-bond donors (Lipinski definition) is 0. The van der Waals surface area contributed by atoms with Crippen LogP contribution in [-0.4, -0.2) is 0 Å². The van der Waals surface area contributed by atoms with Gasteiger partial charge in [-0.3, -0.25) is 0 Å². The molecule has 0 atom stereocenters. The molecule has 0 aromatic carbocycles. The summed E-state index contributed by atoms with van der Waals surface area (Å²) in [5, 5.41) is 0. The third-order valence-electron chi connectivity index (χ3n) is 1.22. The Hall–Kier alpha value is -0.780. The van der Waals surface area contributed by atoms with E-state index >= 15 is 0 Å². The summed E-state index contributed by atoms with van der Waals surface area (Å²) in [7, 11) is 0. The van der Waals surface area contributed by atoms with Gasteiger partial charge in [0.15, 0.2) is 0 Å². The zero-order valence-electron chi connectivity index (χ0n) is 6.93. The molecule has 0 aromatic heterocycles. The molecular formula is C10H16. The minimum Gasteiger partial charge on any atom is -0.103 e. The van der Waals surface area contributed by atoms with E-state index in [1.165, 1.54) is 5.57 Å². The summed E-state index contributed by atoms with van der Waals surface area (Å²) in [6, 6.07) is 0. The molecule has 0 fully saturated rings. The lowest BCUT2D eigenvalue weighted by atomic mass is 10.2. The minimum absolute atomic E-state index is 0.994. The van der Waals surface area contributed by atoms with Crippen LogP contribution in [0.2, 0.25) is 0 Å². The van der Waals surface area contributed by atoms with Crippen LogP contribution in [0.15, 0.2) is 36.5 Å². The Morgan fingerprint density at radius 1 is 1.50 bits per heavy atom. The number of rotatable bonds is 4.